The van der Waals surface area contributed by atoms with E-state index in [1.807, 2.05) is 0 Å². The molecule has 0 spiro atoms. The zero-order chi connectivity index (χ0) is 15.3. The summed E-state index contributed by atoms with van der Waals surface area (Å²) in [4.78, 5) is 24.3. The number of rotatable bonds is 6. The summed E-state index contributed by atoms with van der Waals surface area (Å²) in [5.41, 5.74) is 0. The van der Waals surface area contributed by atoms with Crippen molar-refractivity contribution in [2.45, 2.75) is 44.7 Å². The highest BCUT2D eigenvalue weighted by Crippen LogP contribution is 2.23. The van der Waals surface area contributed by atoms with Crippen molar-refractivity contribution in [3.8, 4) is 0 Å². The number of carboxylic acids is 1. The first-order chi connectivity index (χ1) is 9.19. The van der Waals surface area contributed by atoms with E-state index in [9.17, 15) is 18.0 Å². The van der Waals surface area contributed by atoms with Gasteiger partial charge in [-0.05, 0) is 19.8 Å². The van der Waals surface area contributed by atoms with E-state index in [1.54, 1.807) is 6.92 Å². The Morgan fingerprint density at radius 3 is 2.35 bits per heavy atom. The molecule has 0 aromatic heterocycles. The monoisotopic (exact) mass is 306 g/mol. The van der Waals surface area contributed by atoms with Crippen LogP contribution in [0.25, 0.3) is 0 Å². The molecule has 1 aliphatic rings. The van der Waals surface area contributed by atoms with Gasteiger partial charge in [0.25, 0.3) is 0 Å². The largest absolute Gasteiger partial charge is 0.480 e. The first-order valence-electron chi connectivity index (χ1n) is 6.65. The van der Waals surface area contributed by atoms with Gasteiger partial charge in [-0.3, -0.25) is 4.79 Å². The molecule has 0 radical (unpaired) electrons. The molecule has 1 atom stereocenters. The number of aliphatic carboxylic acids is 1. The van der Waals surface area contributed by atoms with Gasteiger partial charge in [0.15, 0.2) is 0 Å². The summed E-state index contributed by atoms with van der Waals surface area (Å²) in [6.07, 6.45) is 4.64. The number of hydrogen-bond acceptors (Lipinski definition) is 4. The van der Waals surface area contributed by atoms with E-state index in [2.05, 4.69) is 5.32 Å². The lowest BCUT2D eigenvalue weighted by Crippen LogP contribution is -2.51. The number of carbonyl (C=O) groups is 2. The lowest BCUT2D eigenvalue weighted by molar-refractivity contribution is -0.138. The molecular formula is C12H22N2O5S. The number of nitrogens with one attached hydrogen (secondary N) is 1. The standard InChI is InChI=1S/C12H22N2O5S/c1-9(8-20(2,18)19)13-12(17)14(7-11(15)16)10-5-3-4-6-10/h9-10H,3-8H2,1-2H3,(H,13,17)(H,15,16). The summed E-state index contributed by atoms with van der Waals surface area (Å²) >= 11 is 0. The lowest BCUT2D eigenvalue weighted by Gasteiger charge is -2.28. The van der Waals surface area contributed by atoms with E-state index in [4.69, 9.17) is 5.11 Å². The van der Waals surface area contributed by atoms with E-state index in [0.29, 0.717) is 0 Å². The van der Waals surface area contributed by atoms with E-state index in [1.165, 1.54) is 4.90 Å². The van der Waals surface area contributed by atoms with Crippen LogP contribution in [-0.4, -0.2) is 61.1 Å². The molecule has 0 bridgehead atoms. The van der Waals surface area contributed by atoms with Gasteiger partial charge in [0.05, 0.1) is 5.75 Å². The fourth-order valence-corrected chi connectivity index (χ4v) is 3.51. The number of nitrogens with zero attached hydrogens (tertiary/aromatic N) is 1. The van der Waals surface area contributed by atoms with Crippen LogP contribution in [0.3, 0.4) is 0 Å². The van der Waals surface area contributed by atoms with E-state index >= 15 is 0 Å². The Bertz CT molecular complexity index is 456. The molecule has 0 aliphatic heterocycles. The Hall–Kier alpha value is -1.31. The van der Waals surface area contributed by atoms with Crippen LogP contribution in [0.5, 0.6) is 0 Å². The predicted octanol–water partition coefficient (Wildman–Crippen LogP) is 0.458. The predicted molar refractivity (Wildman–Crippen MR) is 74.3 cm³/mol. The fourth-order valence-electron chi connectivity index (χ4n) is 2.52. The molecule has 1 rings (SSSR count). The van der Waals surface area contributed by atoms with Gasteiger partial charge in [0, 0.05) is 18.3 Å². The van der Waals surface area contributed by atoms with Gasteiger partial charge in [-0.2, -0.15) is 0 Å². The highest BCUT2D eigenvalue weighted by atomic mass is 32.2. The Morgan fingerprint density at radius 1 is 1.35 bits per heavy atom. The van der Waals surface area contributed by atoms with Gasteiger partial charge >= 0.3 is 12.0 Å². The molecule has 0 saturated heterocycles. The summed E-state index contributed by atoms with van der Waals surface area (Å²) < 4.78 is 22.3. The molecule has 0 aromatic rings. The molecule has 116 valence electrons. The molecule has 1 saturated carbocycles. The van der Waals surface area contributed by atoms with E-state index < -0.39 is 27.9 Å². The number of sulfone groups is 1. The molecule has 1 fully saturated rings. The molecule has 0 heterocycles. The molecular weight excluding hydrogens is 284 g/mol. The van der Waals surface area contributed by atoms with Crippen molar-refractivity contribution in [2.24, 2.45) is 0 Å². The number of carboxylic acid groups (broad SMARTS) is 1. The summed E-state index contributed by atoms with van der Waals surface area (Å²) in [7, 11) is -3.19. The minimum atomic E-state index is -3.19. The molecule has 20 heavy (non-hydrogen) atoms. The second-order valence-electron chi connectivity index (χ2n) is 5.40. The molecule has 0 aromatic carbocycles. The topological polar surface area (TPSA) is 104 Å². The van der Waals surface area contributed by atoms with Crippen molar-refractivity contribution >= 4 is 21.8 Å². The molecule has 2 amide bonds. The van der Waals surface area contributed by atoms with Gasteiger partial charge in [-0.25, -0.2) is 13.2 Å². The first kappa shape index (κ1) is 16.7. The number of amides is 2. The minimum absolute atomic E-state index is 0.0727. The van der Waals surface area contributed by atoms with Crippen molar-refractivity contribution in [1.82, 2.24) is 10.2 Å². The molecule has 8 heteroatoms. The van der Waals surface area contributed by atoms with E-state index in [0.717, 1.165) is 31.9 Å². The number of hydrogen-bond donors (Lipinski definition) is 2. The SMILES string of the molecule is CC(CS(C)(=O)=O)NC(=O)N(CC(=O)O)C1CCCC1. The third-order valence-corrected chi connectivity index (χ3v) is 4.36. The highest BCUT2D eigenvalue weighted by Gasteiger charge is 2.29. The quantitative estimate of drug-likeness (QED) is 0.742. The highest BCUT2D eigenvalue weighted by molar-refractivity contribution is 7.90. The molecule has 2 N–H and O–H groups in total. The molecule has 1 aliphatic carbocycles. The smallest absolute Gasteiger partial charge is 0.323 e. The van der Waals surface area contributed by atoms with Gasteiger partial charge in [-0.15, -0.1) is 0 Å². The van der Waals surface area contributed by atoms with Gasteiger partial charge in [0.1, 0.15) is 16.4 Å². The van der Waals surface area contributed by atoms with Gasteiger partial charge in [0.2, 0.25) is 0 Å². The Balaban J connectivity index is 2.65. The summed E-state index contributed by atoms with van der Waals surface area (Å²) in [5, 5.41) is 11.5. The first-order valence-corrected chi connectivity index (χ1v) is 8.71. The van der Waals surface area contributed by atoms with Crippen LogP contribution < -0.4 is 5.32 Å². The van der Waals surface area contributed by atoms with Crippen molar-refractivity contribution < 1.29 is 23.1 Å². The Labute approximate surface area is 119 Å². The zero-order valence-electron chi connectivity index (χ0n) is 11.8. The van der Waals surface area contributed by atoms with Gasteiger partial charge in [-0.1, -0.05) is 12.8 Å². The van der Waals surface area contributed by atoms with Crippen LogP contribution in [-0.2, 0) is 14.6 Å². The zero-order valence-corrected chi connectivity index (χ0v) is 12.6. The average molecular weight is 306 g/mol. The van der Waals surface area contributed by atoms with Crippen molar-refractivity contribution in [1.29, 1.82) is 0 Å². The van der Waals surface area contributed by atoms with Crippen molar-refractivity contribution in [3.05, 3.63) is 0 Å². The fraction of sp³-hybridized carbons (Fsp3) is 0.833. The molecule has 1 unspecified atom stereocenters. The van der Waals surface area contributed by atoms with Crippen LogP contribution in [0.4, 0.5) is 4.79 Å². The third-order valence-electron chi connectivity index (χ3n) is 3.25. The Morgan fingerprint density at radius 2 is 1.90 bits per heavy atom. The van der Waals surface area contributed by atoms with Crippen LogP contribution >= 0.6 is 0 Å². The van der Waals surface area contributed by atoms with E-state index in [-0.39, 0.29) is 18.3 Å². The average Bonchev–Trinajstić information content (AvgIpc) is 2.75. The van der Waals surface area contributed by atoms with Crippen molar-refractivity contribution in [2.75, 3.05) is 18.6 Å². The van der Waals surface area contributed by atoms with Crippen LogP contribution in [0, 0.1) is 0 Å². The third kappa shape index (κ3) is 5.77. The second-order valence-corrected chi connectivity index (χ2v) is 7.59. The number of carbonyl (C=O) groups excluding carboxylic acids is 1. The minimum Gasteiger partial charge on any atom is -0.480 e. The Kier molecular flexibility index (Phi) is 5.79. The van der Waals surface area contributed by atoms with Crippen LogP contribution in [0.2, 0.25) is 0 Å². The van der Waals surface area contributed by atoms with Crippen molar-refractivity contribution in [3.63, 3.8) is 0 Å². The number of urea groups is 1. The van der Waals surface area contributed by atoms with Crippen LogP contribution in [0.15, 0.2) is 0 Å². The van der Waals surface area contributed by atoms with Crippen LogP contribution in [0.1, 0.15) is 32.6 Å². The summed E-state index contributed by atoms with van der Waals surface area (Å²) in [6, 6.07) is -1.12. The maximum Gasteiger partial charge on any atom is 0.323 e. The van der Waals surface area contributed by atoms with Gasteiger partial charge < -0.3 is 15.3 Å². The molecule has 7 nitrogen and oxygen atoms in total. The summed E-state index contributed by atoms with van der Waals surface area (Å²) in [6.45, 7) is 1.23. The second kappa shape index (κ2) is 6.92. The lowest BCUT2D eigenvalue weighted by atomic mass is 10.2. The normalized spacial score (nSPS) is 17.7. The maximum absolute atomic E-state index is 12.1. The maximum atomic E-state index is 12.1. The summed E-state index contributed by atoms with van der Waals surface area (Å²) in [5.74, 6) is -1.23.